The number of anilines is 2. The fraction of sp³-hybridized carbons (Fsp3) is 0.312. The van der Waals surface area contributed by atoms with Gasteiger partial charge in [-0.3, -0.25) is 9.59 Å². The third-order valence-corrected chi connectivity index (χ3v) is 6.92. The molecule has 262 valence electrons. The first-order valence-electron chi connectivity index (χ1n) is 14.9. The smallest absolute Gasteiger partial charge is 0.406 e. The molecule has 2 amide bonds. The number of rotatable bonds is 11. The maximum Gasteiger partial charge on any atom is 0.573 e. The molecule has 2 aromatic carbocycles. The van der Waals surface area contributed by atoms with Crippen LogP contribution >= 0.6 is 0 Å². The minimum atomic E-state index is -4.76. The molecule has 4 rings (SSSR count). The average molecular weight is 693 g/mol. The van der Waals surface area contributed by atoms with Gasteiger partial charge in [0.15, 0.2) is 0 Å². The first-order valence-corrected chi connectivity index (χ1v) is 14.9. The Bertz CT molecular complexity index is 1730. The van der Waals surface area contributed by atoms with Gasteiger partial charge in [-0.25, -0.2) is 19.9 Å². The maximum atomic E-state index is 12.7. The van der Waals surface area contributed by atoms with Gasteiger partial charge >= 0.3 is 12.5 Å². The lowest BCUT2D eigenvalue weighted by molar-refractivity contribution is -0.274. The Kier molecular flexibility index (Phi) is 12.5. The monoisotopic (exact) mass is 692 g/mol. The van der Waals surface area contributed by atoms with E-state index in [1.54, 1.807) is 0 Å². The highest BCUT2D eigenvalue weighted by atomic mass is 19.4. The van der Waals surface area contributed by atoms with E-state index in [0.29, 0.717) is 60.6 Å². The molecule has 0 aliphatic rings. The van der Waals surface area contributed by atoms with Crippen molar-refractivity contribution in [3.05, 3.63) is 77.6 Å². The lowest BCUT2D eigenvalue weighted by Gasteiger charge is -2.19. The van der Waals surface area contributed by atoms with Crippen molar-refractivity contribution in [2.75, 3.05) is 36.0 Å². The highest BCUT2D eigenvalue weighted by Gasteiger charge is 2.31. The Morgan fingerprint density at radius 3 is 1.31 bits per heavy atom. The van der Waals surface area contributed by atoms with Crippen molar-refractivity contribution in [2.24, 2.45) is 11.5 Å². The minimum absolute atomic E-state index is 0.0156. The molecule has 4 N–H and O–H groups in total. The third-order valence-electron chi connectivity index (χ3n) is 6.92. The SMILES string of the molecule is CCN(CC)c1nc(C(N)=O)cc(-c2ccc(C(F)(F)F)cc2)n1.CCN(CC)c1nc(C(N)=O)cc(-c2ccc(OC(F)(F)F)cc2)n1. The summed E-state index contributed by atoms with van der Waals surface area (Å²) in [6.07, 6.45) is -9.17. The predicted octanol–water partition coefficient (Wildman–Crippen LogP) is 6.09. The number of ether oxygens (including phenoxy) is 1. The number of alkyl halides is 6. The zero-order valence-electron chi connectivity index (χ0n) is 26.9. The summed E-state index contributed by atoms with van der Waals surface area (Å²) < 4.78 is 78.5. The second-order valence-corrected chi connectivity index (χ2v) is 10.1. The molecule has 0 atom stereocenters. The summed E-state index contributed by atoms with van der Waals surface area (Å²) in [5, 5.41) is 0. The zero-order valence-corrected chi connectivity index (χ0v) is 26.9. The molecule has 0 aliphatic heterocycles. The second kappa shape index (κ2) is 16.1. The molecule has 17 heteroatoms. The Labute approximate surface area is 277 Å². The number of nitrogens with two attached hydrogens (primary N) is 2. The molecule has 0 bridgehead atoms. The lowest BCUT2D eigenvalue weighted by atomic mass is 10.1. The number of carbonyl (C=O) groups excluding carboxylic acids is 2. The van der Waals surface area contributed by atoms with Crippen LogP contribution in [0.4, 0.5) is 38.2 Å². The number of hydrogen-bond donors (Lipinski definition) is 2. The largest absolute Gasteiger partial charge is 0.573 e. The quantitative estimate of drug-likeness (QED) is 0.178. The van der Waals surface area contributed by atoms with E-state index in [4.69, 9.17) is 11.5 Å². The number of nitrogens with zero attached hydrogens (tertiary/aromatic N) is 6. The van der Waals surface area contributed by atoms with Crippen molar-refractivity contribution in [2.45, 2.75) is 40.2 Å². The molecule has 0 saturated carbocycles. The van der Waals surface area contributed by atoms with Gasteiger partial charge < -0.3 is 26.0 Å². The lowest BCUT2D eigenvalue weighted by Crippen LogP contribution is -2.26. The molecule has 11 nitrogen and oxygen atoms in total. The van der Waals surface area contributed by atoms with Crippen LogP contribution < -0.4 is 26.0 Å². The van der Waals surface area contributed by atoms with E-state index in [9.17, 15) is 35.9 Å². The van der Waals surface area contributed by atoms with E-state index >= 15 is 0 Å². The molecule has 0 saturated heterocycles. The summed E-state index contributed by atoms with van der Waals surface area (Å²) in [5.41, 5.74) is 11.6. The van der Waals surface area contributed by atoms with Crippen molar-refractivity contribution in [3.63, 3.8) is 0 Å². The summed E-state index contributed by atoms with van der Waals surface area (Å²) >= 11 is 0. The van der Waals surface area contributed by atoms with Crippen molar-refractivity contribution < 1.29 is 40.7 Å². The maximum absolute atomic E-state index is 12.7. The normalized spacial score (nSPS) is 11.3. The Morgan fingerprint density at radius 2 is 1.00 bits per heavy atom. The van der Waals surface area contributed by atoms with E-state index in [0.717, 1.165) is 12.1 Å². The first-order chi connectivity index (χ1) is 23.0. The molecular formula is C32H34F6N8O3. The third kappa shape index (κ3) is 10.5. The van der Waals surface area contributed by atoms with Crippen LogP contribution in [0.5, 0.6) is 5.75 Å². The molecule has 0 spiro atoms. The van der Waals surface area contributed by atoms with E-state index in [-0.39, 0.29) is 17.1 Å². The fourth-order valence-corrected chi connectivity index (χ4v) is 4.37. The van der Waals surface area contributed by atoms with E-state index < -0.39 is 29.9 Å². The second-order valence-electron chi connectivity index (χ2n) is 10.1. The Balaban J connectivity index is 0.000000266. The van der Waals surface area contributed by atoms with Crippen molar-refractivity contribution in [1.82, 2.24) is 19.9 Å². The highest BCUT2D eigenvalue weighted by Crippen LogP contribution is 2.31. The fourth-order valence-electron chi connectivity index (χ4n) is 4.37. The summed E-state index contributed by atoms with van der Waals surface area (Å²) in [5.74, 6) is -1.14. The van der Waals surface area contributed by atoms with Crippen molar-refractivity contribution in [1.29, 1.82) is 0 Å². The number of primary amides is 2. The van der Waals surface area contributed by atoms with Crippen LogP contribution in [-0.2, 0) is 6.18 Å². The van der Waals surface area contributed by atoms with Crippen LogP contribution in [0.2, 0.25) is 0 Å². The van der Waals surface area contributed by atoms with Crippen LogP contribution in [0.15, 0.2) is 60.7 Å². The van der Waals surface area contributed by atoms with Gasteiger partial charge in [-0.2, -0.15) is 13.2 Å². The van der Waals surface area contributed by atoms with E-state index in [1.807, 2.05) is 37.5 Å². The van der Waals surface area contributed by atoms with Crippen LogP contribution in [0.3, 0.4) is 0 Å². The minimum Gasteiger partial charge on any atom is -0.406 e. The van der Waals surface area contributed by atoms with Gasteiger partial charge in [0.2, 0.25) is 11.9 Å². The predicted molar refractivity (Wildman–Crippen MR) is 171 cm³/mol. The van der Waals surface area contributed by atoms with Crippen LogP contribution in [-0.4, -0.2) is 64.3 Å². The summed E-state index contributed by atoms with van der Waals surface area (Å²) in [6, 6.07) is 12.5. The summed E-state index contributed by atoms with van der Waals surface area (Å²) in [6.45, 7) is 10.1. The van der Waals surface area contributed by atoms with Gasteiger partial charge in [-0.05, 0) is 76.2 Å². The number of amides is 2. The number of carbonyl (C=O) groups is 2. The molecule has 0 aliphatic carbocycles. The molecule has 0 unspecified atom stereocenters. The first kappa shape index (κ1) is 38.0. The van der Waals surface area contributed by atoms with Gasteiger partial charge in [0.1, 0.15) is 17.1 Å². The summed E-state index contributed by atoms with van der Waals surface area (Å²) in [4.78, 5) is 43.6. The van der Waals surface area contributed by atoms with Crippen LogP contribution in [0, 0.1) is 0 Å². The molecule has 0 radical (unpaired) electrons. The number of aromatic nitrogens is 4. The molecule has 0 fully saturated rings. The van der Waals surface area contributed by atoms with Gasteiger partial charge in [0, 0.05) is 37.3 Å². The van der Waals surface area contributed by atoms with Crippen molar-refractivity contribution in [3.8, 4) is 28.3 Å². The van der Waals surface area contributed by atoms with Gasteiger partial charge in [0.05, 0.1) is 17.0 Å². The molecule has 4 aromatic rings. The van der Waals surface area contributed by atoms with E-state index in [2.05, 4.69) is 24.7 Å². The highest BCUT2D eigenvalue weighted by molar-refractivity contribution is 5.92. The van der Waals surface area contributed by atoms with Crippen LogP contribution in [0.25, 0.3) is 22.5 Å². The topological polar surface area (TPSA) is 153 Å². The summed E-state index contributed by atoms with van der Waals surface area (Å²) in [7, 11) is 0. The molecular weight excluding hydrogens is 658 g/mol. The number of hydrogen-bond acceptors (Lipinski definition) is 9. The molecule has 2 heterocycles. The molecule has 49 heavy (non-hydrogen) atoms. The Morgan fingerprint density at radius 1 is 0.633 bits per heavy atom. The van der Waals surface area contributed by atoms with Crippen LogP contribution in [0.1, 0.15) is 54.2 Å². The van der Waals surface area contributed by atoms with Gasteiger partial charge in [-0.1, -0.05) is 12.1 Å². The molecule has 2 aromatic heterocycles. The van der Waals surface area contributed by atoms with Crippen molar-refractivity contribution >= 4 is 23.7 Å². The number of benzene rings is 2. The van der Waals surface area contributed by atoms with Gasteiger partial charge in [0.25, 0.3) is 11.8 Å². The Hall–Kier alpha value is -5.48. The van der Waals surface area contributed by atoms with Gasteiger partial charge in [-0.15, -0.1) is 13.2 Å². The number of halogens is 6. The standard InChI is InChI=1S/C16H17F3N4O2.C16H17F3N4O/c1-3-23(4-2)15-21-12(9-13(22-15)14(20)24)10-5-7-11(8-6-10)25-16(17,18)19;1-3-23(4-2)15-21-12(9-13(22-15)14(20)24)10-5-7-11(8-6-10)16(17,18)19/h5-9H,3-4H2,1-2H3,(H2,20,24);5-9H,3-4H2,1-2H3,(H2,20,24). The van der Waals surface area contributed by atoms with E-state index in [1.165, 1.54) is 48.5 Å². The average Bonchev–Trinajstić information content (AvgIpc) is 3.05. The zero-order chi connectivity index (χ0) is 36.5.